The molecule has 25 heavy (non-hydrogen) atoms. The Morgan fingerprint density at radius 3 is 2.20 bits per heavy atom. The molecule has 2 heterocycles. The molecule has 3 rings (SSSR count). The van der Waals surface area contributed by atoms with Crippen LogP contribution in [0.2, 0.25) is 0 Å². The van der Waals surface area contributed by atoms with Crippen LogP contribution in [0.5, 0.6) is 5.75 Å². The average molecular weight is 359 g/mol. The minimum absolute atomic E-state index is 0.0494. The van der Waals surface area contributed by atoms with Crippen molar-refractivity contribution in [3.8, 4) is 5.75 Å². The lowest BCUT2D eigenvalue weighted by molar-refractivity contribution is 0.0676. The van der Waals surface area contributed by atoms with Crippen LogP contribution in [0.15, 0.2) is 36.4 Å². The topological polar surface area (TPSA) is 61.9 Å². The highest BCUT2D eigenvalue weighted by Crippen LogP contribution is 2.19. The number of rotatable bonds is 3. The highest BCUT2D eigenvalue weighted by Gasteiger charge is 2.25. The molecule has 0 aliphatic carbocycles. The number of nitrogens with zero attached hydrogens (tertiary/aromatic N) is 2. The van der Waals surface area contributed by atoms with Crippen LogP contribution in [0.3, 0.4) is 0 Å². The third kappa shape index (κ3) is 4.11. The number of benzene rings is 1. The van der Waals surface area contributed by atoms with Gasteiger partial charge in [-0.25, -0.2) is 4.79 Å². The van der Waals surface area contributed by atoms with E-state index in [0.717, 1.165) is 21.2 Å². The van der Waals surface area contributed by atoms with Crippen molar-refractivity contribution in [2.24, 2.45) is 0 Å². The maximum absolute atomic E-state index is 12.4. The van der Waals surface area contributed by atoms with Crippen LogP contribution in [0.1, 0.15) is 14.5 Å². The fourth-order valence-electron chi connectivity index (χ4n) is 2.69. The van der Waals surface area contributed by atoms with Gasteiger partial charge in [-0.1, -0.05) is 0 Å². The zero-order chi connectivity index (χ0) is 17.8. The molecule has 3 amide bonds. The average Bonchev–Trinajstić information content (AvgIpc) is 3.08. The van der Waals surface area contributed by atoms with Crippen LogP contribution in [0.25, 0.3) is 0 Å². The van der Waals surface area contributed by atoms with Crippen molar-refractivity contribution in [3.05, 3.63) is 46.2 Å². The first kappa shape index (κ1) is 17.3. The fraction of sp³-hybridized carbons (Fsp3) is 0.333. The van der Waals surface area contributed by atoms with Gasteiger partial charge in [-0.2, -0.15) is 0 Å². The van der Waals surface area contributed by atoms with E-state index in [0.29, 0.717) is 26.2 Å². The lowest BCUT2D eigenvalue weighted by Crippen LogP contribution is -2.51. The summed E-state index contributed by atoms with van der Waals surface area (Å²) in [4.78, 5) is 30.2. The lowest BCUT2D eigenvalue weighted by Gasteiger charge is -2.34. The molecule has 132 valence electrons. The number of amides is 3. The standard InChI is InChI=1S/C18H21N3O3S/c1-13-3-8-16(25-13)17(22)20-9-11-21(12-10-20)18(23)19-14-4-6-15(24-2)7-5-14/h3-8H,9-12H2,1-2H3,(H,19,23). The number of carbonyl (C=O) groups excluding carboxylic acids is 2. The summed E-state index contributed by atoms with van der Waals surface area (Å²) in [6.45, 7) is 4.14. The van der Waals surface area contributed by atoms with Crippen LogP contribution in [0, 0.1) is 6.92 Å². The van der Waals surface area contributed by atoms with Gasteiger partial charge in [-0.3, -0.25) is 4.79 Å². The summed E-state index contributed by atoms with van der Waals surface area (Å²) in [6.07, 6.45) is 0. The molecule has 1 N–H and O–H groups in total. The number of aryl methyl sites for hydroxylation is 1. The number of hydrogen-bond acceptors (Lipinski definition) is 4. The number of urea groups is 1. The van der Waals surface area contributed by atoms with E-state index >= 15 is 0 Å². The third-order valence-corrected chi connectivity index (χ3v) is 5.14. The number of carbonyl (C=O) groups is 2. The number of ether oxygens (including phenoxy) is 1. The highest BCUT2D eigenvalue weighted by molar-refractivity contribution is 7.13. The number of methoxy groups -OCH3 is 1. The molecule has 1 aromatic heterocycles. The molecule has 0 bridgehead atoms. The second-order valence-electron chi connectivity index (χ2n) is 5.85. The molecule has 7 heteroatoms. The maximum Gasteiger partial charge on any atom is 0.321 e. The summed E-state index contributed by atoms with van der Waals surface area (Å²) in [5.41, 5.74) is 0.721. The largest absolute Gasteiger partial charge is 0.497 e. The van der Waals surface area contributed by atoms with Gasteiger partial charge in [0.1, 0.15) is 5.75 Å². The van der Waals surface area contributed by atoms with Crippen LogP contribution in [-0.2, 0) is 0 Å². The van der Waals surface area contributed by atoms with E-state index in [-0.39, 0.29) is 11.9 Å². The zero-order valence-electron chi connectivity index (χ0n) is 14.3. The second-order valence-corrected chi connectivity index (χ2v) is 7.14. The summed E-state index contributed by atoms with van der Waals surface area (Å²) in [5.74, 6) is 0.794. The number of piperazine rings is 1. The Labute approximate surface area is 151 Å². The SMILES string of the molecule is COc1ccc(NC(=O)N2CCN(C(=O)c3ccc(C)s3)CC2)cc1. The molecule has 1 aliphatic heterocycles. The van der Waals surface area contributed by atoms with E-state index in [1.807, 2.05) is 24.0 Å². The first-order valence-electron chi connectivity index (χ1n) is 8.12. The highest BCUT2D eigenvalue weighted by atomic mass is 32.1. The van der Waals surface area contributed by atoms with Crippen LogP contribution in [-0.4, -0.2) is 55.0 Å². The molecule has 1 aliphatic rings. The molecule has 2 aromatic rings. The Balaban J connectivity index is 1.52. The fourth-order valence-corrected chi connectivity index (χ4v) is 3.53. The number of hydrogen-bond donors (Lipinski definition) is 1. The van der Waals surface area contributed by atoms with Gasteiger partial charge in [0.05, 0.1) is 12.0 Å². The van der Waals surface area contributed by atoms with E-state index in [1.165, 1.54) is 11.3 Å². The minimum atomic E-state index is -0.149. The lowest BCUT2D eigenvalue weighted by atomic mass is 10.3. The maximum atomic E-state index is 12.4. The predicted octanol–water partition coefficient (Wildman–Crippen LogP) is 3.06. The Morgan fingerprint density at radius 1 is 1.00 bits per heavy atom. The van der Waals surface area contributed by atoms with Gasteiger partial charge in [-0.15, -0.1) is 11.3 Å². The monoisotopic (exact) mass is 359 g/mol. The van der Waals surface area contributed by atoms with Gasteiger partial charge in [0, 0.05) is 36.7 Å². The van der Waals surface area contributed by atoms with Crippen LogP contribution in [0.4, 0.5) is 10.5 Å². The van der Waals surface area contributed by atoms with Crippen molar-refractivity contribution in [1.29, 1.82) is 0 Å². The van der Waals surface area contributed by atoms with Crippen LogP contribution < -0.4 is 10.1 Å². The number of anilines is 1. The molecule has 1 aromatic carbocycles. The molecule has 0 spiro atoms. The zero-order valence-corrected chi connectivity index (χ0v) is 15.1. The summed E-state index contributed by atoms with van der Waals surface area (Å²) < 4.78 is 5.10. The summed E-state index contributed by atoms with van der Waals surface area (Å²) >= 11 is 1.51. The molecular weight excluding hydrogens is 338 g/mol. The molecule has 1 saturated heterocycles. The predicted molar refractivity (Wildman–Crippen MR) is 98.5 cm³/mol. The molecule has 6 nitrogen and oxygen atoms in total. The van der Waals surface area contributed by atoms with Crippen molar-refractivity contribution in [3.63, 3.8) is 0 Å². The van der Waals surface area contributed by atoms with Gasteiger partial charge < -0.3 is 19.9 Å². The van der Waals surface area contributed by atoms with Crippen molar-refractivity contribution in [2.45, 2.75) is 6.92 Å². The van der Waals surface area contributed by atoms with Gasteiger partial charge in [-0.05, 0) is 43.3 Å². The van der Waals surface area contributed by atoms with Crippen molar-refractivity contribution in [2.75, 3.05) is 38.6 Å². The van der Waals surface area contributed by atoms with E-state index < -0.39 is 0 Å². The first-order valence-corrected chi connectivity index (χ1v) is 8.94. The number of nitrogens with one attached hydrogen (secondary N) is 1. The first-order chi connectivity index (χ1) is 12.1. The third-order valence-electron chi connectivity index (χ3n) is 4.15. The molecule has 1 fully saturated rings. The molecule has 0 saturated carbocycles. The molecule has 0 unspecified atom stereocenters. The van der Waals surface area contributed by atoms with Crippen molar-refractivity contribution >= 4 is 29.0 Å². The molecular formula is C18H21N3O3S. The van der Waals surface area contributed by atoms with E-state index in [9.17, 15) is 9.59 Å². The Hall–Kier alpha value is -2.54. The van der Waals surface area contributed by atoms with Crippen molar-refractivity contribution < 1.29 is 14.3 Å². The van der Waals surface area contributed by atoms with Gasteiger partial charge in [0.25, 0.3) is 5.91 Å². The van der Waals surface area contributed by atoms with Gasteiger partial charge >= 0.3 is 6.03 Å². The van der Waals surface area contributed by atoms with Crippen LogP contribution >= 0.6 is 11.3 Å². The summed E-state index contributed by atoms with van der Waals surface area (Å²) in [7, 11) is 1.60. The second kappa shape index (κ2) is 7.57. The Morgan fingerprint density at radius 2 is 1.64 bits per heavy atom. The quantitative estimate of drug-likeness (QED) is 0.916. The normalized spacial score (nSPS) is 14.3. The number of thiophene rings is 1. The molecule has 0 atom stereocenters. The van der Waals surface area contributed by atoms with E-state index in [1.54, 1.807) is 36.3 Å². The smallest absolute Gasteiger partial charge is 0.321 e. The van der Waals surface area contributed by atoms with Crippen molar-refractivity contribution in [1.82, 2.24) is 9.80 Å². The van der Waals surface area contributed by atoms with Gasteiger partial charge in [0.2, 0.25) is 0 Å². The summed E-state index contributed by atoms with van der Waals surface area (Å²) in [6, 6.07) is 10.9. The van der Waals surface area contributed by atoms with E-state index in [2.05, 4.69) is 5.32 Å². The van der Waals surface area contributed by atoms with Gasteiger partial charge in [0.15, 0.2) is 0 Å². The van der Waals surface area contributed by atoms with E-state index in [4.69, 9.17) is 4.74 Å². The molecule has 0 radical (unpaired) electrons. The minimum Gasteiger partial charge on any atom is -0.497 e. The summed E-state index contributed by atoms with van der Waals surface area (Å²) in [5, 5.41) is 2.87. The Kier molecular flexibility index (Phi) is 5.23. The Bertz CT molecular complexity index is 749.